The average molecular weight is 283 g/mol. The van der Waals surface area contributed by atoms with E-state index in [1.54, 1.807) is 6.26 Å². The van der Waals surface area contributed by atoms with Crippen LogP contribution in [0.5, 0.6) is 0 Å². The molecule has 0 spiro atoms. The van der Waals surface area contributed by atoms with Crippen molar-refractivity contribution in [2.24, 2.45) is 0 Å². The van der Waals surface area contributed by atoms with Crippen LogP contribution in [-0.2, 0) is 6.42 Å². The first-order valence-corrected chi connectivity index (χ1v) is 7.41. The van der Waals surface area contributed by atoms with Crippen molar-refractivity contribution in [3.05, 3.63) is 59.7 Å². The van der Waals surface area contributed by atoms with Crippen LogP contribution in [0.25, 0.3) is 11.0 Å². The van der Waals surface area contributed by atoms with Gasteiger partial charge < -0.3 is 14.2 Å². The maximum absolute atomic E-state index is 6.01. The van der Waals surface area contributed by atoms with Gasteiger partial charge in [0.05, 0.1) is 12.3 Å². The molecule has 3 rings (SSSR count). The lowest BCUT2D eigenvalue weighted by atomic mass is 10.1. The molecule has 2 aromatic heterocycles. The summed E-state index contributed by atoms with van der Waals surface area (Å²) in [5.41, 5.74) is 2.17. The highest BCUT2D eigenvalue weighted by molar-refractivity contribution is 5.82. The van der Waals surface area contributed by atoms with E-state index in [0.717, 1.165) is 23.5 Å². The molecule has 3 nitrogen and oxygen atoms in total. The molecule has 1 aromatic carbocycles. The van der Waals surface area contributed by atoms with Gasteiger partial charge in [0.1, 0.15) is 17.1 Å². The zero-order chi connectivity index (χ0) is 14.8. The van der Waals surface area contributed by atoms with Crippen molar-refractivity contribution < 1.29 is 8.83 Å². The number of fused-ring (bicyclic) bond motifs is 1. The van der Waals surface area contributed by atoms with E-state index in [0.29, 0.717) is 6.04 Å². The van der Waals surface area contributed by atoms with Crippen LogP contribution in [0.2, 0.25) is 0 Å². The summed E-state index contributed by atoms with van der Waals surface area (Å²) in [6.07, 6.45) is 2.59. The highest BCUT2D eigenvalue weighted by atomic mass is 16.3. The summed E-state index contributed by atoms with van der Waals surface area (Å²) in [4.78, 5) is 0. The van der Waals surface area contributed by atoms with Crippen molar-refractivity contribution in [3.8, 4) is 0 Å². The molecule has 2 unspecified atom stereocenters. The maximum atomic E-state index is 6.01. The first-order chi connectivity index (χ1) is 10.1. The van der Waals surface area contributed by atoms with Gasteiger partial charge in [-0.15, -0.1) is 0 Å². The molecule has 21 heavy (non-hydrogen) atoms. The molecule has 110 valence electrons. The molecule has 0 aliphatic heterocycles. The molecule has 2 atom stereocenters. The van der Waals surface area contributed by atoms with Crippen molar-refractivity contribution in [1.82, 2.24) is 5.32 Å². The van der Waals surface area contributed by atoms with E-state index in [-0.39, 0.29) is 6.04 Å². The zero-order valence-electron chi connectivity index (χ0n) is 12.7. The Hall–Kier alpha value is -2.00. The molecule has 0 amide bonds. The molecule has 2 heterocycles. The molecular formula is C18H21NO2. The minimum absolute atomic E-state index is 0.169. The molecular weight excluding hydrogens is 262 g/mol. The van der Waals surface area contributed by atoms with Crippen molar-refractivity contribution in [2.75, 3.05) is 0 Å². The molecule has 1 N–H and O–H groups in total. The molecule has 0 aliphatic carbocycles. The molecule has 0 aliphatic rings. The first-order valence-electron chi connectivity index (χ1n) is 7.41. The normalized spacial score (nSPS) is 14.4. The van der Waals surface area contributed by atoms with Gasteiger partial charge in [0.2, 0.25) is 0 Å². The number of furan rings is 2. The number of nitrogens with one attached hydrogen (secondary N) is 1. The Labute approximate surface area is 124 Å². The summed E-state index contributed by atoms with van der Waals surface area (Å²) >= 11 is 0. The minimum atomic E-state index is 0.169. The Kier molecular flexibility index (Phi) is 3.84. The van der Waals surface area contributed by atoms with Gasteiger partial charge in [-0.25, -0.2) is 0 Å². The average Bonchev–Trinajstić information content (AvgIpc) is 3.07. The van der Waals surface area contributed by atoms with Crippen LogP contribution in [0.1, 0.15) is 37.0 Å². The van der Waals surface area contributed by atoms with Gasteiger partial charge in [-0.3, -0.25) is 0 Å². The Morgan fingerprint density at radius 1 is 1.10 bits per heavy atom. The number of aryl methyl sites for hydroxylation is 1. The quantitative estimate of drug-likeness (QED) is 0.742. The van der Waals surface area contributed by atoms with E-state index < -0.39 is 0 Å². The lowest BCUT2D eigenvalue weighted by Gasteiger charge is -2.18. The van der Waals surface area contributed by atoms with E-state index in [1.165, 1.54) is 10.9 Å². The predicted octanol–water partition coefficient (Wildman–Crippen LogP) is 4.62. The molecule has 0 fully saturated rings. The highest BCUT2D eigenvalue weighted by Gasteiger charge is 2.18. The van der Waals surface area contributed by atoms with Gasteiger partial charge in [-0.05, 0) is 44.5 Å². The fourth-order valence-electron chi connectivity index (χ4n) is 2.90. The molecule has 3 heteroatoms. The van der Waals surface area contributed by atoms with Gasteiger partial charge in [0, 0.05) is 17.8 Å². The Bertz CT molecular complexity index is 712. The van der Waals surface area contributed by atoms with E-state index >= 15 is 0 Å². The Morgan fingerprint density at radius 2 is 1.90 bits per heavy atom. The zero-order valence-corrected chi connectivity index (χ0v) is 12.7. The second-order valence-electron chi connectivity index (χ2n) is 5.66. The van der Waals surface area contributed by atoms with E-state index in [1.807, 2.05) is 30.3 Å². The summed E-state index contributed by atoms with van der Waals surface area (Å²) in [6.45, 7) is 6.43. The van der Waals surface area contributed by atoms with Gasteiger partial charge in [-0.1, -0.05) is 18.2 Å². The summed E-state index contributed by atoms with van der Waals surface area (Å²) in [5.74, 6) is 2.02. The second kappa shape index (κ2) is 5.78. The van der Waals surface area contributed by atoms with Crippen molar-refractivity contribution in [2.45, 2.75) is 39.3 Å². The van der Waals surface area contributed by atoms with E-state index in [4.69, 9.17) is 8.83 Å². The highest BCUT2D eigenvalue weighted by Crippen LogP contribution is 2.29. The number of para-hydroxylation sites is 1. The summed E-state index contributed by atoms with van der Waals surface area (Å²) in [5, 5.41) is 4.78. The molecule has 0 saturated heterocycles. The van der Waals surface area contributed by atoms with E-state index in [2.05, 4.69) is 32.2 Å². The largest absolute Gasteiger partial charge is 0.469 e. The second-order valence-corrected chi connectivity index (χ2v) is 5.66. The third-order valence-electron chi connectivity index (χ3n) is 3.90. The van der Waals surface area contributed by atoms with Crippen molar-refractivity contribution in [3.63, 3.8) is 0 Å². The number of hydrogen-bond donors (Lipinski definition) is 1. The van der Waals surface area contributed by atoms with Crippen molar-refractivity contribution in [1.29, 1.82) is 0 Å². The topological polar surface area (TPSA) is 38.3 Å². The summed E-state index contributed by atoms with van der Waals surface area (Å²) in [6, 6.07) is 12.6. The van der Waals surface area contributed by atoms with Crippen molar-refractivity contribution >= 4 is 11.0 Å². The molecule has 0 bridgehead atoms. The van der Waals surface area contributed by atoms with Crippen LogP contribution in [0.4, 0.5) is 0 Å². The Balaban J connectivity index is 1.74. The number of benzene rings is 1. The van der Waals surface area contributed by atoms with Crippen LogP contribution in [0, 0.1) is 6.92 Å². The van der Waals surface area contributed by atoms with Gasteiger partial charge in [0.25, 0.3) is 0 Å². The fourth-order valence-corrected chi connectivity index (χ4v) is 2.90. The van der Waals surface area contributed by atoms with Crippen LogP contribution >= 0.6 is 0 Å². The molecule has 0 saturated carbocycles. The SMILES string of the molecule is Cc1c(C(C)NC(C)Cc2ccco2)oc2ccccc12. The van der Waals surface area contributed by atoms with Gasteiger partial charge >= 0.3 is 0 Å². The monoisotopic (exact) mass is 283 g/mol. The van der Waals surface area contributed by atoms with Crippen LogP contribution < -0.4 is 5.32 Å². The first kappa shape index (κ1) is 14.0. The van der Waals surface area contributed by atoms with Crippen LogP contribution in [0.3, 0.4) is 0 Å². The lowest BCUT2D eigenvalue weighted by molar-refractivity contribution is 0.389. The lowest BCUT2D eigenvalue weighted by Crippen LogP contribution is -2.30. The standard InChI is InChI=1S/C18H21NO2/c1-12(11-15-7-6-10-20-15)19-14(3)18-13(2)16-8-4-5-9-17(16)21-18/h4-10,12,14,19H,11H2,1-3H3. The number of hydrogen-bond acceptors (Lipinski definition) is 3. The third kappa shape index (κ3) is 2.88. The summed E-state index contributed by atoms with van der Waals surface area (Å²) in [7, 11) is 0. The molecule has 0 radical (unpaired) electrons. The fraction of sp³-hybridized carbons (Fsp3) is 0.333. The van der Waals surface area contributed by atoms with Crippen LogP contribution in [0.15, 0.2) is 51.5 Å². The predicted molar refractivity (Wildman–Crippen MR) is 84.4 cm³/mol. The smallest absolute Gasteiger partial charge is 0.134 e. The third-order valence-corrected chi connectivity index (χ3v) is 3.90. The molecule has 3 aromatic rings. The Morgan fingerprint density at radius 3 is 2.62 bits per heavy atom. The summed E-state index contributed by atoms with van der Waals surface area (Å²) < 4.78 is 11.4. The van der Waals surface area contributed by atoms with E-state index in [9.17, 15) is 0 Å². The van der Waals surface area contributed by atoms with Crippen LogP contribution in [-0.4, -0.2) is 6.04 Å². The maximum Gasteiger partial charge on any atom is 0.134 e. The van der Waals surface area contributed by atoms with Gasteiger partial charge in [0.15, 0.2) is 0 Å². The number of rotatable bonds is 5. The minimum Gasteiger partial charge on any atom is -0.469 e. The van der Waals surface area contributed by atoms with Gasteiger partial charge in [-0.2, -0.15) is 0 Å².